The molecule has 0 saturated heterocycles. The Kier molecular flexibility index (Phi) is 7.40. The number of hydrogen-bond acceptors (Lipinski definition) is 4. The summed E-state index contributed by atoms with van der Waals surface area (Å²) in [6.07, 6.45) is 1.07. The summed E-state index contributed by atoms with van der Waals surface area (Å²) in [6.45, 7) is 2.16. The Balaban J connectivity index is 2.96. The number of hydrogen-bond donors (Lipinski definition) is 2. The van der Waals surface area contributed by atoms with Crippen LogP contribution >= 0.6 is 0 Å². The molecule has 0 aliphatic heterocycles. The zero-order valence-corrected chi connectivity index (χ0v) is 12.9. The van der Waals surface area contributed by atoms with Crippen molar-refractivity contribution in [3.05, 3.63) is 29.8 Å². The molecule has 116 valence electrons. The monoisotopic (exact) mass is 311 g/mol. The van der Waals surface area contributed by atoms with Crippen molar-refractivity contribution in [1.82, 2.24) is 4.31 Å². The van der Waals surface area contributed by atoms with E-state index in [9.17, 15) is 8.42 Å². The molecule has 0 fully saturated rings. The van der Waals surface area contributed by atoms with Gasteiger partial charge in [0.1, 0.15) is 0 Å². The number of sulfonamides is 1. The molecule has 0 aliphatic rings. The van der Waals surface area contributed by atoms with Gasteiger partial charge in [0.15, 0.2) is 0 Å². The highest BCUT2D eigenvalue weighted by molar-refractivity contribution is 7.89. The highest BCUT2D eigenvalue weighted by Gasteiger charge is 2.22. The largest absolute Gasteiger partial charge is 0.395 e. The second kappa shape index (κ2) is 8.80. The van der Waals surface area contributed by atoms with Crippen LogP contribution in [0.5, 0.6) is 0 Å². The lowest BCUT2D eigenvalue weighted by Crippen LogP contribution is -2.34. The van der Waals surface area contributed by atoms with Crippen LogP contribution in [0.1, 0.15) is 25.3 Å². The predicted molar refractivity (Wildman–Crippen MR) is 81.2 cm³/mol. The first-order valence-corrected chi connectivity index (χ1v) is 8.31. The number of benzene rings is 1. The molecule has 0 unspecified atom stereocenters. The zero-order chi connectivity index (χ0) is 15.7. The lowest BCUT2D eigenvalue weighted by Gasteiger charge is -2.20. The lowest BCUT2D eigenvalue weighted by atomic mass is 10.2. The summed E-state index contributed by atoms with van der Waals surface area (Å²) < 4.78 is 26.1. The van der Waals surface area contributed by atoms with Gasteiger partial charge in [0.2, 0.25) is 10.0 Å². The quantitative estimate of drug-likeness (QED) is 0.731. The average Bonchev–Trinajstić information content (AvgIpc) is 2.48. The van der Waals surface area contributed by atoms with E-state index < -0.39 is 10.0 Å². The van der Waals surface area contributed by atoms with E-state index in [-0.39, 0.29) is 24.7 Å². The molecule has 0 aliphatic carbocycles. The van der Waals surface area contributed by atoms with Gasteiger partial charge in [0.25, 0.3) is 0 Å². The molecule has 0 saturated carbocycles. The predicted octanol–water partition coefficient (Wildman–Crippen LogP) is 0.813. The van der Waals surface area contributed by atoms with Crippen molar-refractivity contribution in [3.63, 3.8) is 0 Å². The molecule has 0 heterocycles. The van der Waals surface area contributed by atoms with E-state index >= 15 is 0 Å². The number of aliphatic hydroxyl groups excluding tert-OH is 2. The van der Waals surface area contributed by atoms with E-state index in [0.717, 1.165) is 0 Å². The van der Waals surface area contributed by atoms with Crippen LogP contribution in [0.2, 0.25) is 0 Å². The van der Waals surface area contributed by atoms with E-state index in [1.54, 1.807) is 12.1 Å². The summed E-state index contributed by atoms with van der Waals surface area (Å²) in [5, 5.41) is 17.6. The fourth-order valence-electron chi connectivity index (χ4n) is 1.79. The van der Waals surface area contributed by atoms with Crippen molar-refractivity contribution in [2.45, 2.75) is 24.7 Å². The molecule has 2 N–H and O–H groups in total. The Hall–Kier alpha value is -1.39. The van der Waals surface area contributed by atoms with Gasteiger partial charge in [-0.1, -0.05) is 18.8 Å². The smallest absolute Gasteiger partial charge is 0.243 e. The number of nitrogens with zero attached hydrogens (tertiary/aromatic N) is 1. The van der Waals surface area contributed by atoms with E-state index in [0.29, 0.717) is 24.9 Å². The molecule has 0 aromatic heterocycles. The second-order valence-corrected chi connectivity index (χ2v) is 6.37. The molecule has 0 atom stereocenters. The van der Waals surface area contributed by atoms with Crippen molar-refractivity contribution < 1.29 is 18.6 Å². The standard InChI is InChI=1S/C15H21NO4S/c1-2-10-16(11-13-18)21(19,20)15-8-6-14(7-9-15)5-3-4-12-17/h6-9,17-18H,2,4,10-13H2,1H3. The van der Waals surface area contributed by atoms with Gasteiger partial charge in [-0.3, -0.25) is 0 Å². The van der Waals surface area contributed by atoms with E-state index in [1.165, 1.54) is 16.4 Å². The Morgan fingerprint density at radius 3 is 2.29 bits per heavy atom. The normalized spacial score (nSPS) is 11.2. The van der Waals surface area contributed by atoms with Crippen molar-refractivity contribution in [2.75, 3.05) is 26.3 Å². The van der Waals surface area contributed by atoms with E-state index in [2.05, 4.69) is 11.8 Å². The highest BCUT2D eigenvalue weighted by Crippen LogP contribution is 2.16. The Labute approximate surface area is 126 Å². The summed E-state index contributed by atoms with van der Waals surface area (Å²) >= 11 is 0. The molecule has 21 heavy (non-hydrogen) atoms. The third-order valence-electron chi connectivity index (χ3n) is 2.78. The lowest BCUT2D eigenvalue weighted by molar-refractivity contribution is 0.253. The number of aliphatic hydroxyl groups is 2. The van der Waals surface area contributed by atoms with Crippen LogP contribution in [0.25, 0.3) is 0 Å². The topological polar surface area (TPSA) is 77.8 Å². The molecule has 1 rings (SSSR count). The third-order valence-corrected chi connectivity index (χ3v) is 4.70. The minimum Gasteiger partial charge on any atom is -0.395 e. The van der Waals surface area contributed by atoms with Crippen LogP contribution in [-0.2, 0) is 10.0 Å². The molecular weight excluding hydrogens is 290 g/mol. The highest BCUT2D eigenvalue weighted by atomic mass is 32.2. The molecular formula is C15H21NO4S. The molecule has 0 spiro atoms. The fraction of sp³-hybridized carbons (Fsp3) is 0.467. The van der Waals surface area contributed by atoms with Crippen LogP contribution < -0.4 is 0 Å². The van der Waals surface area contributed by atoms with E-state index in [4.69, 9.17) is 10.2 Å². The van der Waals surface area contributed by atoms with Gasteiger partial charge in [0.05, 0.1) is 18.1 Å². The minimum absolute atomic E-state index is 0.00655. The second-order valence-electron chi connectivity index (χ2n) is 4.43. The van der Waals surface area contributed by atoms with Crippen molar-refractivity contribution in [2.24, 2.45) is 0 Å². The average molecular weight is 311 g/mol. The van der Waals surface area contributed by atoms with Gasteiger partial charge >= 0.3 is 0 Å². The molecule has 5 nitrogen and oxygen atoms in total. The van der Waals surface area contributed by atoms with Crippen LogP contribution in [0, 0.1) is 11.8 Å². The van der Waals surface area contributed by atoms with Gasteiger partial charge in [-0.2, -0.15) is 4.31 Å². The molecule has 0 radical (unpaired) electrons. The van der Waals surface area contributed by atoms with Crippen molar-refractivity contribution in [1.29, 1.82) is 0 Å². The zero-order valence-electron chi connectivity index (χ0n) is 12.1. The first-order chi connectivity index (χ1) is 10.1. The first-order valence-electron chi connectivity index (χ1n) is 6.87. The Morgan fingerprint density at radius 2 is 1.76 bits per heavy atom. The van der Waals surface area contributed by atoms with Crippen molar-refractivity contribution in [3.8, 4) is 11.8 Å². The van der Waals surface area contributed by atoms with Gasteiger partial charge in [-0.05, 0) is 30.7 Å². The Bertz CT molecular complexity index is 578. The number of rotatable bonds is 7. The summed E-state index contributed by atoms with van der Waals surface area (Å²) in [7, 11) is -3.58. The van der Waals surface area contributed by atoms with Crippen LogP contribution in [-0.4, -0.2) is 49.2 Å². The summed E-state index contributed by atoms with van der Waals surface area (Å²) in [4.78, 5) is 0.192. The summed E-state index contributed by atoms with van der Waals surface area (Å²) in [6, 6.07) is 6.30. The van der Waals surface area contributed by atoms with Gasteiger partial charge in [-0.15, -0.1) is 0 Å². The Morgan fingerprint density at radius 1 is 1.10 bits per heavy atom. The summed E-state index contributed by atoms with van der Waals surface area (Å²) in [5.41, 5.74) is 0.701. The van der Waals surface area contributed by atoms with Gasteiger partial charge in [-0.25, -0.2) is 8.42 Å². The molecule has 0 amide bonds. The third kappa shape index (κ3) is 5.14. The molecule has 1 aromatic rings. The van der Waals surface area contributed by atoms with E-state index in [1.807, 2.05) is 6.92 Å². The maximum atomic E-state index is 12.4. The molecule has 0 bridgehead atoms. The SMILES string of the molecule is CCCN(CCO)S(=O)(=O)c1ccc(C#CCCO)cc1. The molecule has 1 aromatic carbocycles. The fourth-order valence-corrected chi connectivity index (χ4v) is 3.32. The van der Waals surface area contributed by atoms with Gasteiger partial charge < -0.3 is 10.2 Å². The van der Waals surface area contributed by atoms with Crippen molar-refractivity contribution >= 4 is 10.0 Å². The maximum absolute atomic E-state index is 12.4. The first kappa shape index (κ1) is 17.7. The summed E-state index contributed by atoms with van der Waals surface area (Å²) in [5.74, 6) is 5.63. The van der Waals surface area contributed by atoms with Crippen LogP contribution in [0.3, 0.4) is 0 Å². The maximum Gasteiger partial charge on any atom is 0.243 e. The van der Waals surface area contributed by atoms with Crippen LogP contribution in [0.15, 0.2) is 29.2 Å². The van der Waals surface area contributed by atoms with Crippen LogP contribution in [0.4, 0.5) is 0 Å². The van der Waals surface area contributed by atoms with Gasteiger partial charge in [0, 0.05) is 25.1 Å². The molecule has 6 heteroatoms. The minimum atomic E-state index is -3.58.